The summed E-state index contributed by atoms with van der Waals surface area (Å²) >= 11 is 0. The van der Waals surface area contributed by atoms with E-state index in [4.69, 9.17) is 14.2 Å². The van der Waals surface area contributed by atoms with E-state index in [0.717, 1.165) is 17.1 Å². The quantitative estimate of drug-likeness (QED) is 0.233. The predicted octanol–water partition coefficient (Wildman–Crippen LogP) is 3.39. The van der Waals surface area contributed by atoms with Crippen LogP contribution in [0.4, 0.5) is 0 Å². The monoisotopic (exact) mass is 399 g/mol. The van der Waals surface area contributed by atoms with Crippen LogP contribution in [0.2, 0.25) is 0 Å². The van der Waals surface area contributed by atoms with Gasteiger partial charge in [0, 0.05) is 17.1 Å². The Labute approximate surface area is 169 Å². The number of nitrogens with zero attached hydrogens (tertiary/aromatic N) is 1. The van der Waals surface area contributed by atoms with Crippen LogP contribution < -0.4 is 0 Å². The summed E-state index contributed by atoms with van der Waals surface area (Å²) in [5.41, 5.74) is 3.53. The molecule has 29 heavy (non-hydrogen) atoms. The number of benzene rings is 1. The fraction of sp³-hybridized carbons (Fsp3) is 0.318. The number of esters is 3. The Balaban J connectivity index is 2.48. The number of carbonyl (C=O) groups is 3. The van der Waals surface area contributed by atoms with Gasteiger partial charge in [0.2, 0.25) is 0 Å². The van der Waals surface area contributed by atoms with Crippen LogP contribution >= 0.6 is 0 Å². The zero-order valence-corrected chi connectivity index (χ0v) is 17.3. The lowest BCUT2D eigenvalue weighted by Gasteiger charge is -2.10. The van der Waals surface area contributed by atoms with E-state index in [-0.39, 0.29) is 18.8 Å². The van der Waals surface area contributed by atoms with Gasteiger partial charge in [0.15, 0.2) is 0 Å². The molecule has 2 rings (SSSR count). The molecule has 1 aromatic heterocycles. The minimum Gasteiger partial charge on any atom is -0.465 e. The molecule has 154 valence electrons. The molecule has 7 heteroatoms. The van der Waals surface area contributed by atoms with E-state index in [1.165, 1.54) is 13.2 Å². The molecule has 0 aliphatic carbocycles. The molecule has 0 atom stereocenters. The molecule has 1 heterocycles. The summed E-state index contributed by atoms with van der Waals surface area (Å²) in [6, 6.07) is 8.83. The third-order valence-corrected chi connectivity index (χ3v) is 4.31. The first-order valence-electron chi connectivity index (χ1n) is 9.27. The Hall–Kier alpha value is -3.35. The lowest BCUT2D eigenvalue weighted by atomic mass is 10.1. The van der Waals surface area contributed by atoms with Gasteiger partial charge in [0.05, 0.1) is 25.9 Å². The van der Waals surface area contributed by atoms with E-state index < -0.39 is 17.9 Å². The van der Waals surface area contributed by atoms with Crippen LogP contribution in [0.5, 0.6) is 0 Å². The van der Waals surface area contributed by atoms with Gasteiger partial charge in [-0.25, -0.2) is 14.4 Å². The molecule has 0 radical (unpaired) electrons. The Morgan fingerprint density at radius 3 is 2.00 bits per heavy atom. The fourth-order valence-corrected chi connectivity index (χ4v) is 2.97. The molecule has 0 bridgehead atoms. The average molecular weight is 399 g/mol. The van der Waals surface area contributed by atoms with Crippen molar-refractivity contribution in [3.05, 3.63) is 58.4 Å². The van der Waals surface area contributed by atoms with Crippen LogP contribution in [0.25, 0.3) is 11.8 Å². The highest BCUT2D eigenvalue weighted by Crippen LogP contribution is 2.24. The van der Waals surface area contributed by atoms with Crippen LogP contribution in [0, 0.1) is 13.8 Å². The van der Waals surface area contributed by atoms with Crippen molar-refractivity contribution in [2.75, 3.05) is 20.3 Å². The maximum Gasteiger partial charge on any atom is 0.345 e. The molecule has 0 aliphatic rings. The van der Waals surface area contributed by atoms with Crippen molar-refractivity contribution in [2.45, 2.75) is 27.7 Å². The van der Waals surface area contributed by atoms with Crippen LogP contribution in [-0.4, -0.2) is 42.8 Å². The number of hydrogen-bond donors (Lipinski definition) is 0. The van der Waals surface area contributed by atoms with Crippen molar-refractivity contribution in [1.29, 1.82) is 0 Å². The van der Waals surface area contributed by atoms with Crippen molar-refractivity contribution < 1.29 is 28.6 Å². The molecular formula is C22H25NO6. The molecule has 1 aromatic carbocycles. The summed E-state index contributed by atoms with van der Waals surface area (Å²) in [4.78, 5) is 36.1. The molecule has 0 N–H and O–H groups in total. The largest absolute Gasteiger partial charge is 0.465 e. The van der Waals surface area contributed by atoms with E-state index in [0.29, 0.717) is 11.1 Å². The van der Waals surface area contributed by atoms with Gasteiger partial charge in [-0.15, -0.1) is 0 Å². The van der Waals surface area contributed by atoms with Crippen molar-refractivity contribution in [3.8, 4) is 5.69 Å². The van der Waals surface area contributed by atoms with Gasteiger partial charge in [-0.05, 0) is 69.7 Å². The molecule has 0 unspecified atom stereocenters. The predicted molar refractivity (Wildman–Crippen MR) is 108 cm³/mol. The maximum atomic E-state index is 12.2. The summed E-state index contributed by atoms with van der Waals surface area (Å²) in [6.45, 7) is 7.44. The molecule has 0 fully saturated rings. The highest BCUT2D eigenvalue weighted by atomic mass is 16.6. The van der Waals surface area contributed by atoms with Gasteiger partial charge < -0.3 is 18.8 Å². The van der Waals surface area contributed by atoms with Gasteiger partial charge in [0.25, 0.3) is 0 Å². The van der Waals surface area contributed by atoms with Crippen molar-refractivity contribution in [2.24, 2.45) is 0 Å². The Kier molecular flexibility index (Phi) is 7.36. The standard InChI is InChI=1S/C22H25NO6/c1-6-28-21(25)19(22(26)29-7-2)13-17-12-14(3)23(15(17)4)18-10-8-16(9-11-18)20(24)27-5/h8-13H,6-7H2,1-5H3. The molecule has 7 nitrogen and oxygen atoms in total. The number of methoxy groups -OCH3 is 1. The molecule has 2 aromatic rings. The van der Waals surface area contributed by atoms with Gasteiger partial charge in [-0.2, -0.15) is 0 Å². The number of rotatable bonds is 7. The topological polar surface area (TPSA) is 83.8 Å². The van der Waals surface area contributed by atoms with E-state index in [9.17, 15) is 14.4 Å². The second kappa shape index (κ2) is 9.73. The minimum absolute atomic E-state index is 0.154. The lowest BCUT2D eigenvalue weighted by Crippen LogP contribution is -2.18. The highest BCUT2D eigenvalue weighted by Gasteiger charge is 2.22. The summed E-state index contributed by atoms with van der Waals surface area (Å²) in [5.74, 6) is -1.86. The van der Waals surface area contributed by atoms with Crippen molar-refractivity contribution >= 4 is 24.0 Å². The summed E-state index contributed by atoms with van der Waals surface area (Å²) in [7, 11) is 1.33. The van der Waals surface area contributed by atoms with Crippen LogP contribution in [-0.2, 0) is 23.8 Å². The highest BCUT2D eigenvalue weighted by molar-refractivity contribution is 6.17. The SMILES string of the molecule is CCOC(=O)C(=Cc1cc(C)n(-c2ccc(C(=O)OC)cc2)c1C)C(=O)OCC. The van der Waals surface area contributed by atoms with Gasteiger partial charge in [-0.3, -0.25) is 0 Å². The smallest absolute Gasteiger partial charge is 0.345 e. The average Bonchev–Trinajstić information content (AvgIpc) is 2.99. The maximum absolute atomic E-state index is 12.2. The summed E-state index contributed by atoms with van der Waals surface area (Å²) in [5, 5.41) is 0. The lowest BCUT2D eigenvalue weighted by molar-refractivity contribution is -0.146. The van der Waals surface area contributed by atoms with E-state index in [2.05, 4.69) is 0 Å². The van der Waals surface area contributed by atoms with Gasteiger partial charge >= 0.3 is 17.9 Å². The second-order valence-corrected chi connectivity index (χ2v) is 6.20. The third-order valence-electron chi connectivity index (χ3n) is 4.31. The fourth-order valence-electron chi connectivity index (χ4n) is 2.97. The first-order chi connectivity index (χ1) is 13.8. The molecule has 0 saturated heterocycles. The first-order valence-corrected chi connectivity index (χ1v) is 9.27. The number of carbonyl (C=O) groups excluding carboxylic acids is 3. The zero-order valence-electron chi connectivity index (χ0n) is 17.3. The normalized spacial score (nSPS) is 10.2. The van der Waals surface area contributed by atoms with Gasteiger partial charge in [-0.1, -0.05) is 0 Å². The second-order valence-electron chi connectivity index (χ2n) is 6.20. The first kappa shape index (κ1) is 21.9. The van der Waals surface area contributed by atoms with E-state index in [1.807, 2.05) is 24.5 Å². The van der Waals surface area contributed by atoms with Crippen LogP contribution in [0.1, 0.15) is 41.2 Å². The van der Waals surface area contributed by atoms with Crippen LogP contribution in [0.15, 0.2) is 35.9 Å². The minimum atomic E-state index is -0.724. The van der Waals surface area contributed by atoms with Gasteiger partial charge in [0.1, 0.15) is 5.57 Å². The number of hydrogen-bond acceptors (Lipinski definition) is 6. The Morgan fingerprint density at radius 2 is 1.52 bits per heavy atom. The van der Waals surface area contributed by atoms with E-state index >= 15 is 0 Å². The Morgan fingerprint density at radius 1 is 0.966 bits per heavy atom. The molecule has 0 aliphatic heterocycles. The molecular weight excluding hydrogens is 374 g/mol. The van der Waals surface area contributed by atoms with Crippen molar-refractivity contribution in [3.63, 3.8) is 0 Å². The molecule has 0 spiro atoms. The number of ether oxygens (including phenoxy) is 3. The third kappa shape index (κ3) is 4.93. The Bertz CT molecular complexity index is 917. The van der Waals surface area contributed by atoms with Crippen molar-refractivity contribution in [1.82, 2.24) is 4.57 Å². The molecule has 0 amide bonds. The zero-order chi connectivity index (χ0) is 21.6. The summed E-state index contributed by atoms with van der Waals surface area (Å²) < 4.78 is 16.7. The van der Waals surface area contributed by atoms with E-state index in [1.54, 1.807) is 38.1 Å². The summed E-state index contributed by atoms with van der Waals surface area (Å²) in [6.07, 6.45) is 1.48. The number of aromatic nitrogens is 1. The number of aryl methyl sites for hydroxylation is 1. The molecule has 0 saturated carbocycles. The van der Waals surface area contributed by atoms with Crippen LogP contribution in [0.3, 0.4) is 0 Å².